The molecule has 0 saturated heterocycles. The van der Waals surface area contributed by atoms with Crippen molar-refractivity contribution in [3.05, 3.63) is 147 Å². The number of hydrogen-bond acceptors (Lipinski definition) is 24. The van der Waals surface area contributed by atoms with Crippen LogP contribution in [0, 0.1) is 40.5 Å². The zero-order valence-electron chi connectivity index (χ0n) is 36.7. The highest BCUT2D eigenvalue weighted by molar-refractivity contribution is 7.80. The van der Waals surface area contributed by atoms with E-state index in [1.54, 1.807) is 25.4 Å². The van der Waals surface area contributed by atoms with Gasteiger partial charge in [-0.15, -0.1) is 15.5 Å². The first-order valence-electron chi connectivity index (χ1n) is 17.3. The number of halogens is 10. The maximum absolute atomic E-state index is 10.3. The molecule has 6 aromatic rings. The average Bonchev–Trinajstić information content (AvgIpc) is 3.19. The van der Waals surface area contributed by atoms with Crippen LogP contribution in [-0.2, 0) is 20.8 Å². The van der Waals surface area contributed by atoms with Crippen molar-refractivity contribution >= 4 is 182 Å². The van der Waals surface area contributed by atoms with Crippen molar-refractivity contribution in [1.82, 2.24) is 34.9 Å². The minimum Gasteiger partial charge on any atom is -0.400 e. The molecule has 0 atom stereocenters. The Hall–Kier alpha value is -5.75. The summed E-state index contributed by atoms with van der Waals surface area (Å²) < 4.78 is 63.2. The van der Waals surface area contributed by atoms with Crippen molar-refractivity contribution < 1.29 is 70.4 Å². The van der Waals surface area contributed by atoms with Crippen LogP contribution in [0.4, 0.5) is 34.1 Å². The van der Waals surface area contributed by atoms with Gasteiger partial charge in [-0.1, -0.05) is 116 Å². The van der Waals surface area contributed by atoms with E-state index in [-0.39, 0.29) is 59.7 Å². The molecule has 0 bridgehead atoms. The van der Waals surface area contributed by atoms with Crippen molar-refractivity contribution in [2.45, 2.75) is 6.92 Å². The Bertz CT molecular complexity index is 2850. The number of pyridine rings is 5. The highest BCUT2D eigenvalue weighted by atomic mass is 35.5. The molecule has 6 aromatic heterocycles. The number of fused-ring (bicyclic) bond motifs is 1. The lowest BCUT2D eigenvalue weighted by atomic mass is 10.4. The summed E-state index contributed by atoms with van der Waals surface area (Å²) in [5, 5.41) is 59.0. The summed E-state index contributed by atoms with van der Waals surface area (Å²) in [6, 6.07) is 9.64. The van der Waals surface area contributed by atoms with E-state index < -0.39 is 52.1 Å². The Kier molecular flexibility index (Phi) is 40.0. The highest BCUT2D eigenvalue weighted by Crippen LogP contribution is 2.32. The van der Waals surface area contributed by atoms with E-state index in [1.165, 1.54) is 36.4 Å². The summed E-state index contributed by atoms with van der Waals surface area (Å²) in [5.41, 5.74) is 18.7. The summed E-state index contributed by atoms with van der Waals surface area (Å²) >= 11 is 55.0. The predicted octanol–water partition coefficient (Wildman–Crippen LogP) is 8.01. The van der Waals surface area contributed by atoms with Gasteiger partial charge in [-0.2, -0.15) is 16.8 Å². The molecule has 0 fully saturated rings. The van der Waals surface area contributed by atoms with Crippen molar-refractivity contribution in [2.75, 3.05) is 36.3 Å². The van der Waals surface area contributed by atoms with E-state index >= 15 is 0 Å². The second-order valence-electron chi connectivity index (χ2n) is 10.9. The Balaban J connectivity index is -0.000000394. The normalized spacial score (nSPS) is 9.55. The Morgan fingerprint density at radius 3 is 1.11 bits per heavy atom. The van der Waals surface area contributed by atoms with Crippen LogP contribution in [0.25, 0.3) is 11.0 Å². The number of anilines is 4. The van der Waals surface area contributed by atoms with Crippen molar-refractivity contribution in [2.24, 2.45) is 0 Å². The smallest absolute Gasteiger partial charge is 0.394 e. The molecule has 0 aliphatic heterocycles. The van der Waals surface area contributed by atoms with Crippen molar-refractivity contribution in [3.63, 3.8) is 0 Å². The molecule has 6 rings (SSSR count). The van der Waals surface area contributed by atoms with Crippen LogP contribution in [-0.4, -0.2) is 119 Å². The minimum atomic E-state index is -4.67. The molecule has 422 valence electrons. The van der Waals surface area contributed by atoms with E-state index in [0.29, 0.717) is 32.2 Å². The Labute approximate surface area is 474 Å². The minimum absolute atomic E-state index is 0.0306. The molecule has 0 saturated carbocycles. The molecular formula is C30H31Cl10N15O19S2. The largest absolute Gasteiger partial charge is 0.400 e. The fourth-order valence-corrected chi connectivity index (χ4v) is 5.81. The molecule has 46 heteroatoms. The van der Waals surface area contributed by atoms with Crippen LogP contribution in [0.2, 0.25) is 51.5 Å². The predicted molar refractivity (Wildman–Crippen MR) is 280 cm³/mol. The van der Waals surface area contributed by atoms with Gasteiger partial charge in [0.25, 0.3) is 5.09 Å². The van der Waals surface area contributed by atoms with E-state index in [1.807, 2.05) is 5.43 Å². The number of aliphatic hydroxyl groups excluding tert-OH is 2. The lowest BCUT2D eigenvalue weighted by Crippen LogP contribution is -2.07. The van der Waals surface area contributed by atoms with Crippen LogP contribution in [0.3, 0.4) is 0 Å². The van der Waals surface area contributed by atoms with Gasteiger partial charge in [0, 0.05) is 62.1 Å². The first kappa shape index (κ1) is 76.8. The number of hydrogen-bond donors (Lipinski definition) is 11. The average molecular weight is 1320 g/mol. The van der Waals surface area contributed by atoms with Gasteiger partial charge in [-0.05, 0) is 19.1 Å². The first-order chi connectivity index (χ1) is 34.7. The highest BCUT2D eigenvalue weighted by Gasteiger charge is 2.20. The van der Waals surface area contributed by atoms with E-state index in [4.69, 9.17) is 194 Å². The lowest BCUT2D eigenvalue weighted by molar-refractivity contribution is -0.742. The molecule has 0 unspecified atom stereocenters. The summed E-state index contributed by atoms with van der Waals surface area (Å²) in [7, 11) is -8.33. The van der Waals surface area contributed by atoms with E-state index in [9.17, 15) is 30.3 Å². The fraction of sp³-hybridized carbons (Fsp3) is 0.100. The molecule has 0 aliphatic rings. The SMILES string of the molecule is CCO.CO.Clc1cc2nccnc2c(Cl)n1.Nc1cc(Cl)nc(Cl)c1.Nc1cc(Cl)nc(Cl)c1[N+](=O)[O-].Nc1cc(Cl)nc(Cl)c1[N+](=O)[O-].O=S(=O)(O)O.O=S(=O)(O)O.O=[N+]([O-])Nc1cc(Cl)nc(Cl)c1.O=[N+]([O-])O. The summed E-state index contributed by atoms with van der Waals surface area (Å²) in [5.74, 6) is 0. The second-order valence-corrected chi connectivity index (χ2v) is 16.5. The van der Waals surface area contributed by atoms with Gasteiger partial charge in [0.05, 0.1) is 15.4 Å². The number of hydrazine groups is 1. The number of aromatic nitrogens is 7. The number of nitrogen functional groups attached to an aromatic ring is 3. The topological polar surface area (TPSA) is 563 Å². The second kappa shape index (κ2) is 39.6. The zero-order valence-corrected chi connectivity index (χ0v) is 45.9. The Morgan fingerprint density at radius 2 is 0.816 bits per heavy atom. The third-order valence-electron chi connectivity index (χ3n) is 5.41. The van der Waals surface area contributed by atoms with Crippen molar-refractivity contribution in [3.8, 4) is 0 Å². The van der Waals surface area contributed by atoms with Gasteiger partial charge in [0.15, 0.2) is 10.2 Å². The maximum atomic E-state index is 10.3. The van der Waals surface area contributed by atoms with Gasteiger partial charge in [0.1, 0.15) is 58.7 Å². The zero-order chi connectivity index (χ0) is 60.4. The number of nitrogens with one attached hydrogen (secondary N) is 1. The number of rotatable bonds is 4. The van der Waals surface area contributed by atoms with Crippen LogP contribution in [0.15, 0.2) is 54.9 Å². The molecule has 76 heavy (non-hydrogen) atoms. The standard InChI is InChI=1S/C7H3Cl2N3.3C5H3Cl2N3O2.C5H4Cl2N2.C2H6O.CH4O.HNO3.2H2O4S/c8-5-3-4-6(7(9)12-5)11-2-1-10-4;6-4-1-3(9-10(11)12)2-5(7)8-4;2*6-3-1-2(8)4(10(11)12)5(7)9-3;6-4-1-3(8)2-5(7)9-4;1-2-3;1-2;2-1(3)4;2*1-5(2,3)4/h1-3H;1-2H,(H,8,9);2*1H,(H2,8,9);1-2H,(H2,8,9);3H,2H2,1H3;2H,1H3;(H,2,3,4);2*(H2,1,2,3,4). The van der Waals surface area contributed by atoms with Crippen LogP contribution in [0.1, 0.15) is 6.92 Å². The van der Waals surface area contributed by atoms with E-state index in [0.717, 1.165) is 7.11 Å². The molecule has 0 spiro atoms. The fourth-order valence-electron chi connectivity index (χ4n) is 3.37. The number of nitrogens with zero attached hydrogens (tertiary/aromatic N) is 11. The molecule has 6 heterocycles. The van der Waals surface area contributed by atoms with Crippen LogP contribution >= 0.6 is 116 Å². The lowest BCUT2D eigenvalue weighted by Gasteiger charge is -1.98. The Morgan fingerprint density at radius 1 is 0.539 bits per heavy atom. The van der Waals surface area contributed by atoms with Crippen LogP contribution in [0.5, 0.6) is 0 Å². The molecule has 0 amide bonds. The van der Waals surface area contributed by atoms with Gasteiger partial charge in [-0.3, -0.25) is 43.4 Å². The van der Waals surface area contributed by atoms with Crippen molar-refractivity contribution in [1.29, 1.82) is 0 Å². The van der Waals surface area contributed by atoms with Gasteiger partial charge in [0.2, 0.25) is 10.3 Å². The molecule has 34 nitrogen and oxygen atoms in total. The molecule has 0 radical (unpaired) electrons. The van der Waals surface area contributed by atoms with Gasteiger partial charge >= 0.3 is 32.2 Å². The summed E-state index contributed by atoms with van der Waals surface area (Å²) in [6.45, 7) is 1.93. The van der Waals surface area contributed by atoms with E-state index in [2.05, 4.69) is 34.9 Å². The molecular weight excluding hydrogens is 1290 g/mol. The quantitative estimate of drug-likeness (QED) is 0.0344. The first-order valence-corrected chi connectivity index (χ1v) is 23.9. The maximum Gasteiger partial charge on any atom is 0.394 e. The third-order valence-corrected chi connectivity index (χ3v) is 7.56. The molecule has 0 aliphatic carbocycles. The number of nitro groups is 3. The molecule has 14 N–H and O–H groups in total. The number of nitrogens with two attached hydrogens (primary N) is 3. The number of aliphatic hydroxyl groups is 2. The molecule has 0 aromatic carbocycles. The summed E-state index contributed by atoms with van der Waals surface area (Å²) in [6.07, 6.45) is 3.14. The third kappa shape index (κ3) is 42.5. The van der Waals surface area contributed by atoms with Gasteiger partial charge < -0.3 is 32.6 Å². The van der Waals surface area contributed by atoms with Crippen LogP contribution < -0.4 is 22.6 Å². The van der Waals surface area contributed by atoms with Gasteiger partial charge in [-0.25, -0.2) is 40.0 Å². The monoisotopic (exact) mass is 1320 g/mol. The summed E-state index contributed by atoms with van der Waals surface area (Å²) in [4.78, 5) is 63.6.